The maximum Gasteiger partial charge on any atom is 0.128 e. The number of rotatable bonds is 1. The maximum absolute atomic E-state index is 5.83. The zero-order valence-electron chi connectivity index (χ0n) is 9.33. The van der Waals surface area contributed by atoms with E-state index in [0.29, 0.717) is 10.4 Å². The summed E-state index contributed by atoms with van der Waals surface area (Å²) in [5, 5.41) is 0.704. The number of pyridine rings is 1. The van der Waals surface area contributed by atoms with E-state index >= 15 is 0 Å². The molecular formula is C12H17ClN2. The first-order valence-corrected chi connectivity index (χ1v) is 5.81. The minimum absolute atomic E-state index is 0.402. The number of hydrogen-bond donors (Lipinski definition) is 0. The van der Waals surface area contributed by atoms with Crippen LogP contribution in [-0.4, -0.2) is 18.1 Å². The Kier molecular flexibility index (Phi) is 2.87. The van der Waals surface area contributed by atoms with Crippen molar-refractivity contribution in [2.45, 2.75) is 26.7 Å². The molecule has 1 saturated heterocycles. The fourth-order valence-electron chi connectivity index (χ4n) is 2.17. The Hall–Kier alpha value is -0.760. The molecule has 2 nitrogen and oxygen atoms in total. The average Bonchev–Trinajstić information content (AvgIpc) is 2.17. The summed E-state index contributed by atoms with van der Waals surface area (Å²) in [4.78, 5) is 6.71. The molecule has 0 aromatic carbocycles. The van der Waals surface area contributed by atoms with Gasteiger partial charge >= 0.3 is 0 Å². The van der Waals surface area contributed by atoms with Gasteiger partial charge < -0.3 is 4.90 Å². The van der Waals surface area contributed by atoms with Gasteiger partial charge in [-0.25, -0.2) is 4.98 Å². The Bertz CT molecular complexity index is 332. The molecular weight excluding hydrogens is 208 g/mol. The van der Waals surface area contributed by atoms with Gasteiger partial charge in [0.25, 0.3) is 0 Å². The van der Waals surface area contributed by atoms with Gasteiger partial charge in [-0.1, -0.05) is 25.4 Å². The van der Waals surface area contributed by atoms with Crippen LogP contribution in [-0.2, 0) is 0 Å². The number of piperidine rings is 1. The molecule has 15 heavy (non-hydrogen) atoms. The first-order valence-electron chi connectivity index (χ1n) is 5.43. The summed E-state index contributed by atoms with van der Waals surface area (Å²) in [7, 11) is 0. The molecule has 0 atom stereocenters. The summed E-state index contributed by atoms with van der Waals surface area (Å²) in [6.07, 6.45) is 4.27. The highest BCUT2D eigenvalue weighted by atomic mass is 35.5. The van der Waals surface area contributed by atoms with Crippen molar-refractivity contribution in [2.24, 2.45) is 5.41 Å². The lowest BCUT2D eigenvalue weighted by atomic mass is 9.84. The fourth-order valence-corrected chi connectivity index (χ4v) is 2.29. The highest BCUT2D eigenvalue weighted by molar-refractivity contribution is 6.30. The summed E-state index contributed by atoms with van der Waals surface area (Å²) in [5.41, 5.74) is 0.402. The van der Waals surface area contributed by atoms with E-state index < -0.39 is 0 Å². The highest BCUT2D eigenvalue weighted by Crippen LogP contribution is 2.30. The van der Waals surface area contributed by atoms with Crippen molar-refractivity contribution in [3.8, 4) is 0 Å². The lowest BCUT2D eigenvalue weighted by Crippen LogP contribution is -2.40. The second-order valence-electron chi connectivity index (χ2n) is 5.02. The molecule has 2 heterocycles. The summed E-state index contributed by atoms with van der Waals surface area (Å²) in [5.74, 6) is 1.05. The molecule has 1 aliphatic heterocycles. The fraction of sp³-hybridized carbons (Fsp3) is 0.583. The minimum Gasteiger partial charge on any atom is -0.356 e. The predicted molar refractivity (Wildman–Crippen MR) is 64.5 cm³/mol. The van der Waals surface area contributed by atoms with Crippen LogP contribution < -0.4 is 4.90 Å². The summed E-state index contributed by atoms with van der Waals surface area (Å²) >= 11 is 5.83. The van der Waals surface area contributed by atoms with E-state index in [9.17, 15) is 0 Å². The molecule has 0 aliphatic carbocycles. The Labute approximate surface area is 96.3 Å². The van der Waals surface area contributed by atoms with Gasteiger partial charge in [0.15, 0.2) is 0 Å². The molecule has 0 unspecified atom stereocenters. The molecule has 0 spiro atoms. The van der Waals surface area contributed by atoms with E-state index in [4.69, 9.17) is 11.6 Å². The third-order valence-corrected chi connectivity index (χ3v) is 3.16. The maximum atomic E-state index is 5.83. The minimum atomic E-state index is 0.402. The SMILES string of the molecule is CC1(C)CCCN(c2ccc(Cl)cn2)C1. The quantitative estimate of drug-likeness (QED) is 0.727. The second kappa shape index (κ2) is 4.01. The molecule has 0 amide bonds. The van der Waals surface area contributed by atoms with Crippen molar-refractivity contribution in [1.82, 2.24) is 4.98 Å². The Morgan fingerprint density at radius 2 is 2.20 bits per heavy atom. The largest absolute Gasteiger partial charge is 0.356 e. The molecule has 1 fully saturated rings. The molecule has 1 aliphatic rings. The van der Waals surface area contributed by atoms with E-state index in [1.54, 1.807) is 6.20 Å². The van der Waals surface area contributed by atoms with Gasteiger partial charge in [0, 0.05) is 19.3 Å². The zero-order valence-corrected chi connectivity index (χ0v) is 10.1. The van der Waals surface area contributed by atoms with Crippen molar-refractivity contribution in [2.75, 3.05) is 18.0 Å². The summed E-state index contributed by atoms with van der Waals surface area (Å²) < 4.78 is 0. The van der Waals surface area contributed by atoms with Crippen LogP contribution in [0, 0.1) is 5.41 Å². The third kappa shape index (κ3) is 2.63. The summed E-state index contributed by atoms with van der Waals surface area (Å²) in [6.45, 7) is 6.82. The lowest BCUT2D eigenvalue weighted by Gasteiger charge is -2.38. The molecule has 0 radical (unpaired) electrons. The monoisotopic (exact) mass is 224 g/mol. The molecule has 82 valence electrons. The topological polar surface area (TPSA) is 16.1 Å². The Balaban J connectivity index is 2.13. The smallest absolute Gasteiger partial charge is 0.128 e. The zero-order chi connectivity index (χ0) is 10.9. The molecule has 0 bridgehead atoms. The van der Waals surface area contributed by atoms with Gasteiger partial charge in [-0.2, -0.15) is 0 Å². The number of anilines is 1. The van der Waals surface area contributed by atoms with Crippen LogP contribution in [0.3, 0.4) is 0 Å². The van der Waals surface area contributed by atoms with Crippen LogP contribution in [0.2, 0.25) is 5.02 Å². The van der Waals surface area contributed by atoms with Crippen molar-refractivity contribution >= 4 is 17.4 Å². The molecule has 1 aromatic heterocycles. The molecule has 3 heteroatoms. The van der Waals surface area contributed by atoms with Crippen molar-refractivity contribution in [1.29, 1.82) is 0 Å². The highest BCUT2D eigenvalue weighted by Gasteiger charge is 2.26. The van der Waals surface area contributed by atoms with Crippen LogP contribution in [0.4, 0.5) is 5.82 Å². The lowest BCUT2D eigenvalue weighted by molar-refractivity contribution is 0.292. The first kappa shape index (κ1) is 10.7. The van der Waals surface area contributed by atoms with Gasteiger partial charge in [0.05, 0.1) is 5.02 Å². The van der Waals surface area contributed by atoms with Gasteiger partial charge in [0.2, 0.25) is 0 Å². The van der Waals surface area contributed by atoms with E-state index in [2.05, 4.69) is 23.7 Å². The van der Waals surface area contributed by atoms with Crippen LogP contribution >= 0.6 is 11.6 Å². The normalized spacial score (nSPS) is 20.3. The van der Waals surface area contributed by atoms with Gasteiger partial charge in [-0.15, -0.1) is 0 Å². The molecule has 0 N–H and O–H groups in total. The molecule has 1 aromatic rings. The number of halogens is 1. The van der Waals surface area contributed by atoms with Crippen LogP contribution in [0.5, 0.6) is 0 Å². The Morgan fingerprint density at radius 3 is 2.80 bits per heavy atom. The van der Waals surface area contributed by atoms with Crippen LogP contribution in [0.25, 0.3) is 0 Å². The van der Waals surface area contributed by atoms with Crippen molar-refractivity contribution in [3.63, 3.8) is 0 Å². The second-order valence-corrected chi connectivity index (χ2v) is 5.46. The van der Waals surface area contributed by atoms with Gasteiger partial charge in [-0.3, -0.25) is 0 Å². The number of nitrogens with zero attached hydrogens (tertiary/aromatic N) is 2. The average molecular weight is 225 g/mol. The van der Waals surface area contributed by atoms with Crippen molar-refractivity contribution in [3.05, 3.63) is 23.4 Å². The van der Waals surface area contributed by atoms with E-state index in [1.165, 1.54) is 12.8 Å². The van der Waals surface area contributed by atoms with Crippen molar-refractivity contribution < 1.29 is 0 Å². The van der Waals surface area contributed by atoms with Crippen LogP contribution in [0.15, 0.2) is 18.3 Å². The first-order chi connectivity index (χ1) is 7.07. The third-order valence-electron chi connectivity index (χ3n) is 2.94. The predicted octanol–water partition coefficient (Wildman–Crippen LogP) is 3.36. The standard InChI is InChI=1S/C12H17ClN2/c1-12(2)6-3-7-15(9-12)11-5-4-10(13)8-14-11/h4-5,8H,3,6-7,9H2,1-2H3. The van der Waals surface area contributed by atoms with E-state index in [1.807, 2.05) is 12.1 Å². The molecule has 2 rings (SSSR count). The number of hydrogen-bond acceptors (Lipinski definition) is 2. The number of aromatic nitrogens is 1. The van der Waals surface area contributed by atoms with Crippen LogP contribution in [0.1, 0.15) is 26.7 Å². The van der Waals surface area contributed by atoms with Gasteiger partial charge in [-0.05, 0) is 30.4 Å². The molecule has 0 saturated carbocycles. The van der Waals surface area contributed by atoms with E-state index in [-0.39, 0.29) is 0 Å². The van der Waals surface area contributed by atoms with Gasteiger partial charge in [0.1, 0.15) is 5.82 Å². The Morgan fingerprint density at radius 1 is 1.40 bits per heavy atom. The van der Waals surface area contributed by atoms with E-state index in [0.717, 1.165) is 18.9 Å². The summed E-state index contributed by atoms with van der Waals surface area (Å²) in [6, 6.07) is 3.91.